The van der Waals surface area contributed by atoms with Crippen LogP contribution >= 0.6 is 0 Å². The second-order valence-corrected chi connectivity index (χ2v) is 7.46. The summed E-state index contributed by atoms with van der Waals surface area (Å²) in [4.78, 5) is 17.8. The van der Waals surface area contributed by atoms with Gasteiger partial charge in [-0.1, -0.05) is 0 Å². The van der Waals surface area contributed by atoms with Crippen molar-refractivity contribution in [3.8, 4) is 0 Å². The van der Waals surface area contributed by atoms with E-state index in [2.05, 4.69) is 10.3 Å². The molecule has 6 nitrogen and oxygen atoms in total. The largest absolute Gasteiger partial charge is 0.334 e. The highest BCUT2D eigenvalue weighted by atomic mass is 32.2. The van der Waals surface area contributed by atoms with E-state index >= 15 is 0 Å². The Kier molecular flexibility index (Phi) is 5.17. The molecule has 0 aliphatic carbocycles. The Bertz CT molecular complexity index is 574. The molecule has 0 bridgehead atoms. The van der Waals surface area contributed by atoms with Crippen molar-refractivity contribution in [1.29, 1.82) is 0 Å². The molecule has 1 aromatic rings. The third-order valence-electron chi connectivity index (χ3n) is 3.65. The van der Waals surface area contributed by atoms with Gasteiger partial charge >= 0.3 is 6.03 Å². The lowest BCUT2D eigenvalue weighted by Gasteiger charge is -2.23. The zero-order valence-corrected chi connectivity index (χ0v) is 13.0. The number of urea groups is 1. The maximum atomic E-state index is 12.2. The van der Waals surface area contributed by atoms with Crippen molar-refractivity contribution in [2.75, 3.05) is 24.6 Å². The van der Waals surface area contributed by atoms with Gasteiger partial charge in [-0.3, -0.25) is 4.98 Å². The molecular formula is C14H21N3O3S. The van der Waals surface area contributed by atoms with E-state index in [0.29, 0.717) is 19.5 Å². The summed E-state index contributed by atoms with van der Waals surface area (Å²) in [6, 6.07) is 3.41. The van der Waals surface area contributed by atoms with Crippen LogP contribution in [0.3, 0.4) is 0 Å². The normalized spacial score (nSPS) is 20.1. The molecule has 0 aromatic carbocycles. The molecule has 2 heterocycles. The maximum Gasteiger partial charge on any atom is 0.317 e. The summed E-state index contributed by atoms with van der Waals surface area (Å²) in [6.45, 7) is 3.11. The van der Waals surface area contributed by atoms with Gasteiger partial charge < -0.3 is 10.2 Å². The van der Waals surface area contributed by atoms with Gasteiger partial charge in [-0.05, 0) is 37.5 Å². The fourth-order valence-corrected chi connectivity index (χ4v) is 4.06. The van der Waals surface area contributed by atoms with Crippen molar-refractivity contribution in [3.63, 3.8) is 0 Å². The van der Waals surface area contributed by atoms with Gasteiger partial charge in [-0.2, -0.15) is 0 Å². The minimum Gasteiger partial charge on any atom is -0.334 e. The molecule has 116 valence electrons. The molecule has 1 saturated heterocycles. The van der Waals surface area contributed by atoms with Crippen molar-refractivity contribution in [2.24, 2.45) is 0 Å². The van der Waals surface area contributed by atoms with Crippen LogP contribution in [0.2, 0.25) is 0 Å². The molecule has 1 aliphatic rings. The summed E-state index contributed by atoms with van der Waals surface area (Å²) in [6.07, 6.45) is 4.73. The molecule has 1 aliphatic heterocycles. The number of amides is 2. The molecule has 2 rings (SSSR count). The van der Waals surface area contributed by atoms with Crippen LogP contribution in [-0.2, 0) is 16.3 Å². The van der Waals surface area contributed by atoms with E-state index in [-0.39, 0.29) is 23.6 Å². The first kappa shape index (κ1) is 15.8. The van der Waals surface area contributed by atoms with E-state index in [0.717, 1.165) is 12.0 Å². The van der Waals surface area contributed by atoms with Crippen molar-refractivity contribution in [2.45, 2.75) is 25.8 Å². The Morgan fingerprint density at radius 2 is 2.14 bits per heavy atom. The third-order valence-corrected chi connectivity index (χ3v) is 5.42. The Hall–Kier alpha value is -1.63. The lowest BCUT2D eigenvalue weighted by atomic mass is 10.2. The molecule has 0 radical (unpaired) electrons. The highest BCUT2D eigenvalue weighted by Crippen LogP contribution is 2.11. The van der Waals surface area contributed by atoms with Crippen LogP contribution in [0.15, 0.2) is 24.5 Å². The van der Waals surface area contributed by atoms with Gasteiger partial charge in [0.05, 0.1) is 11.5 Å². The Balaban J connectivity index is 1.84. The van der Waals surface area contributed by atoms with E-state index in [9.17, 15) is 13.2 Å². The summed E-state index contributed by atoms with van der Waals surface area (Å²) in [7, 11) is -2.97. The molecule has 1 aromatic heterocycles. The van der Waals surface area contributed by atoms with Crippen molar-refractivity contribution < 1.29 is 13.2 Å². The number of nitrogens with zero attached hydrogens (tertiary/aromatic N) is 2. The summed E-state index contributed by atoms with van der Waals surface area (Å²) in [5.74, 6) is 0.224. The molecule has 0 saturated carbocycles. The Morgan fingerprint density at radius 1 is 1.43 bits per heavy atom. The summed E-state index contributed by atoms with van der Waals surface area (Å²) >= 11 is 0. The molecule has 2 amide bonds. The molecule has 1 unspecified atom stereocenters. The van der Waals surface area contributed by atoms with Crippen LogP contribution in [0.25, 0.3) is 0 Å². The first-order valence-electron chi connectivity index (χ1n) is 7.15. The minimum atomic E-state index is -2.97. The lowest BCUT2D eigenvalue weighted by Crippen LogP contribution is -2.46. The quantitative estimate of drug-likeness (QED) is 0.874. The van der Waals surface area contributed by atoms with E-state index in [1.807, 2.05) is 19.1 Å². The van der Waals surface area contributed by atoms with Gasteiger partial charge in [0, 0.05) is 31.5 Å². The molecule has 1 fully saturated rings. The Morgan fingerprint density at radius 3 is 2.71 bits per heavy atom. The molecular weight excluding hydrogens is 290 g/mol. The highest BCUT2D eigenvalue weighted by Gasteiger charge is 2.29. The third kappa shape index (κ3) is 4.70. The van der Waals surface area contributed by atoms with Crippen molar-refractivity contribution >= 4 is 15.9 Å². The monoisotopic (exact) mass is 311 g/mol. The maximum absolute atomic E-state index is 12.2. The molecule has 0 spiro atoms. The molecule has 7 heteroatoms. The first-order chi connectivity index (χ1) is 10.00. The topological polar surface area (TPSA) is 79.4 Å². The standard InChI is InChI=1S/C14H21N3O3S/c1-2-17(9-5-12-3-7-15-8-4-12)14(18)16-13-6-10-21(19,20)11-13/h3-4,7-8,13H,2,5-6,9-11H2,1H3,(H,16,18). The Labute approximate surface area is 125 Å². The summed E-state index contributed by atoms with van der Waals surface area (Å²) in [5.41, 5.74) is 1.12. The van der Waals surface area contributed by atoms with Crippen molar-refractivity contribution in [1.82, 2.24) is 15.2 Å². The van der Waals surface area contributed by atoms with E-state index in [1.165, 1.54) is 0 Å². The SMILES string of the molecule is CCN(CCc1ccncc1)C(=O)NC1CCS(=O)(=O)C1. The van der Waals surface area contributed by atoms with Gasteiger partial charge in [0.25, 0.3) is 0 Å². The number of likely N-dealkylation sites (N-methyl/N-ethyl adjacent to an activating group) is 1. The van der Waals surface area contributed by atoms with Crippen LogP contribution < -0.4 is 5.32 Å². The average molecular weight is 311 g/mol. The second-order valence-electron chi connectivity index (χ2n) is 5.23. The zero-order valence-electron chi connectivity index (χ0n) is 12.2. The van der Waals surface area contributed by atoms with Crippen LogP contribution in [0.4, 0.5) is 4.79 Å². The predicted molar refractivity (Wildman–Crippen MR) is 80.8 cm³/mol. The van der Waals surface area contributed by atoms with Gasteiger partial charge in [0.1, 0.15) is 0 Å². The number of nitrogens with one attached hydrogen (secondary N) is 1. The fourth-order valence-electron chi connectivity index (χ4n) is 2.39. The van der Waals surface area contributed by atoms with E-state index < -0.39 is 9.84 Å². The number of aromatic nitrogens is 1. The molecule has 1 N–H and O–H groups in total. The van der Waals surface area contributed by atoms with Crippen LogP contribution in [0.1, 0.15) is 18.9 Å². The second kappa shape index (κ2) is 6.89. The number of hydrogen-bond donors (Lipinski definition) is 1. The number of rotatable bonds is 5. The zero-order chi connectivity index (χ0) is 15.3. The number of sulfone groups is 1. The van der Waals surface area contributed by atoms with Gasteiger partial charge in [-0.25, -0.2) is 13.2 Å². The smallest absolute Gasteiger partial charge is 0.317 e. The van der Waals surface area contributed by atoms with E-state index in [1.54, 1.807) is 17.3 Å². The summed E-state index contributed by atoms with van der Waals surface area (Å²) in [5, 5.41) is 2.82. The molecule has 1 atom stereocenters. The van der Waals surface area contributed by atoms with Crippen LogP contribution in [0.5, 0.6) is 0 Å². The highest BCUT2D eigenvalue weighted by molar-refractivity contribution is 7.91. The average Bonchev–Trinajstić information content (AvgIpc) is 2.79. The number of pyridine rings is 1. The lowest BCUT2D eigenvalue weighted by molar-refractivity contribution is 0.198. The van der Waals surface area contributed by atoms with E-state index in [4.69, 9.17) is 0 Å². The number of hydrogen-bond acceptors (Lipinski definition) is 4. The minimum absolute atomic E-state index is 0.0562. The first-order valence-corrected chi connectivity index (χ1v) is 8.97. The van der Waals surface area contributed by atoms with Gasteiger partial charge in [-0.15, -0.1) is 0 Å². The summed E-state index contributed by atoms with van der Waals surface area (Å²) < 4.78 is 22.8. The number of carbonyl (C=O) groups excluding carboxylic acids is 1. The van der Waals surface area contributed by atoms with Crippen LogP contribution in [0, 0.1) is 0 Å². The van der Waals surface area contributed by atoms with Gasteiger partial charge in [0.15, 0.2) is 9.84 Å². The van der Waals surface area contributed by atoms with Gasteiger partial charge in [0.2, 0.25) is 0 Å². The molecule has 21 heavy (non-hydrogen) atoms. The predicted octanol–water partition coefficient (Wildman–Crippen LogP) is 0.843. The van der Waals surface area contributed by atoms with Crippen LogP contribution in [-0.4, -0.2) is 55.0 Å². The fraction of sp³-hybridized carbons (Fsp3) is 0.571. The van der Waals surface area contributed by atoms with Crippen molar-refractivity contribution in [3.05, 3.63) is 30.1 Å². The number of carbonyl (C=O) groups is 1.